The number of aliphatic hydroxyl groups excluding tert-OH is 1. The average molecular weight is 290 g/mol. The Morgan fingerprint density at radius 1 is 1.20 bits per heavy atom. The predicted octanol–water partition coefficient (Wildman–Crippen LogP) is 2.15. The molecule has 0 fully saturated rings. The Labute approximate surface area is 119 Å². The molecule has 0 aliphatic rings. The molecule has 102 valence electrons. The number of imidazole rings is 1. The second-order valence-corrected chi connectivity index (χ2v) is 4.69. The van der Waals surface area contributed by atoms with E-state index in [-0.39, 0.29) is 12.6 Å². The molecule has 3 aromatic rings. The molecular weight excluding hydrogens is 278 g/mol. The number of halogens is 1. The highest BCUT2D eigenvalue weighted by molar-refractivity contribution is 6.30. The van der Waals surface area contributed by atoms with Crippen molar-refractivity contribution < 1.29 is 5.11 Å². The Balaban J connectivity index is 1.91. The van der Waals surface area contributed by atoms with Crippen LogP contribution in [0.2, 0.25) is 5.02 Å². The second kappa shape index (κ2) is 5.44. The van der Waals surface area contributed by atoms with Gasteiger partial charge in [-0.15, -0.1) is 0 Å². The van der Waals surface area contributed by atoms with Crippen molar-refractivity contribution in [2.45, 2.75) is 6.04 Å². The summed E-state index contributed by atoms with van der Waals surface area (Å²) < 4.78 is 0. The van der Waals surface area contributed by atoms with E-state index in [0.29, 0.717) is 22.0 Å². The van der Waals surface area contributed by atoms with Gasteiger partial charge in [0.05, 0.1) is 19.0 Å². The molecule has 1 atom stereocenters. The molecule has 6 nitrogen and oxygen atoms in total. The number of hydrogen-bond acceptors (Lipinski definition) is 5. The van der Waals surface area contributed by atoms with Crippen LogP contribution in [0, 0.1) is 0 Å². The van der Waals surface area contributed by atoms with Crippen molar-refractivity contribution in [2.24, 2.45) is 0 Å². The van der Waals surface area contributed by atoms with Gasteiger partial charge in [-0.3, -0.25) is 0 Å². The largest absolute Gasteiger partial charge is 0.394 e. The zero-order valence-electron chi connectivity index (χ0n) is 10.4. The molecule has 3 rings (SSSR count). The number of anilines is 1. The number of rotatable bonds is 4. The number of benzene rings is 1. The highest BCUT2D eigenvalue weighted by Crippen LogP contribution is 2.23. The van der Waals surface area contributed by atoms with Crippen LogP contribution in [0.15, 0.2) is 36.9 Å². The number of nitrogens with one attached hydrogen (secondary N) is 2. The summed E-state index contributed by atoms with van der Waals surface area (Å²) in [6, 6.07) is 7.01. The van der Waals surface area contributed by atoms with Gasteiger partial charge in [-0.2, -0.15) is 0 Å². The first-order valence-electron chi connectivity index (χ1n) is 6.05. The molecule has 20 heavy (non-hydrogen) atoms. The topological polar surface area (TPSA) is 86.7 Å². The summed E-state index contributed by atoms with van der Waals surface area (Å²) in [5, 5.41) is 13.4. The molecule has 0 amide bonds. The van der Waals surface area contributed by atoms with Crippen LogP contribution >= 0.6 is 11.6 Å². The van der Waals surface area contributed by atoms with Crippen molar-refractivity contribution in [1.29, 1.82) is 0 Å². The fourth-order valence-corrected chi connectivity index (χ4v) is 2.09. The molecule has 1 aromatic carbocycles. The number of aromatic amines is 1. The summed E-state index contributed by atoms with van der Waals surface area (Å²) in [6.07, 6.45) is 2.99. The van der Waals surface area contributed by atoms with Crippen LogP contribution in [0.4, 0.5) is 5.82 Å². The van der Waals surface area contributed by atoms with Crippen LogP contribution < -0.4 is 5.32 Å². The quantitative estimate of drug-likeness (QED) is 0.685. The third kappa shape index (κ3) is 2.43. The minimum absolute atomic E-state index is 0.0682. The maximum atomic E-state index is 9.57. The maximum absolute atomic E-state index is 9.57. The van der Waals surface area contributed by atoms with E-state index in [0.717, 1.165) is 5.56 Å². The van der Waals surface area contributed by atoms with E-state index in [9.17, 15) is 5.11 Å². The number of H-pyrrole nitrogens is 1. The van der Waals surface area contributed by atoms with Crippen molar-refractivity contribution in [1.82, 2.24) is 19.9 Å². The number of fused-ring (bicyclic) bond motifs is 1. The smallest absolute Gasteiger partial charge is 0.182 e. The van der Waals surface area contributed by atoms with Crippen LogP contribution in [0.1, 0.15) is 11.6 Å². The zero-order valence-corrected chi connectivity index (χ0v) is 11.2. The van der Waals surface area contributed by atoms with Crippen LogP contribution in [0.5, 0.6) is 0 Å². The van der Waals surface area contributed by atoms with Crippen molar-refractivity contribution in [2.75, 3.05) is 11.9 Å². The second-order valence-electron chi connectivity index (χ2n) is 4.25. The van der Waals surface area contributed by atoms with E-state index < -0.39 is 0 Å². The van der Waals surface area contributed by atoms with Crippen LogP contribution in [-0.2, 0) is 0 Å². The van der Waals surface area contributed by atoms with Crippen LogP contribution in [-0.4, -0.2) is 31.6 Å². The summed E-state index contributed by atoms with van der Waals surface area (Å²) in [4.78, 5) is 15.3. The monoisotopic (exact) mass is 289 g/mol. The molecule has 0 aliphatic heterocycles. The lowest BCUT2D eigenvalue weighted by Crippen LogP contribution is -2.16. The molecule has 3 N–H and O–H groups in total. The van der Waals surface area contributed by atoms with Crippen molar-refractivity contribution in [3.05, 3.63) is 47.5 Å². The first-order chi connectivity index (χ1) is 9.78. The van der Waals surface area contributed by atoms with Crippen molar-refractivity contribution in [3.63, 3.8) is 0 Å². The van der Waals surface area contributed by atoms with E-state index in [1.54, 1.807) is 18.5 Å². The minimum atomic E-state index is -0.284. The zero-order chi connectivity index (χ0) is 13.9. The molecule has 2 aromatic heterocycles. The van der Waals surface area contributed by atoms with Crippen molar-refractivity contribution in [3.8, 4) is 0 Å². The summed E-state index contributed by atoms with van der Waals surface area (Å²) in [5.74, 6) is 0.599. The van der Waals surface area contributed by atoms with Gasteiger partial charge in [0.15, 0.2) is 11.5 Å². The molecule has 0 bridgehead atoms. The molecule has 0 spiro atoms. The molecule has 2 heterocycles. The van der Waals surface area contributed by atoms with E-state index in [1.807, 2.05) is 12.1 Å². The van der Waals surface area contributed by atoms with Crippen LogP contribution in [0.25, 0.3) is 11.2 Å². The molecule has 0 saturated heterocycles. The first-order valence-corrected chi connectivity index (χ1v) is 6.42. The normalized spacial score (nSPS) is 12.5. The SMILES string of the molecule is OCC(Nc1ncnc2nc[nH]c12)c1ccc(Cl)cc1. The number of aliphatic hydroxyl groups is 1. The van der Waals surface area contributed by atoms with E-state index in [1.165, 1.54) is 6.33 Å². The third-order valence-electron chi connectivity index (χ3n) is 2.99. The van der Waals surface area contributed by atoms with Gasteiger partial charge < -0.3 is 15.4 Å². The molecule has 0 saturated carbocycles. The predicted molar refractivity (Wildman–Crippen MR) is 76.6 cm³/mol. The standard InChI is InChI=1S/C13H12ClN5O/c14-9-3-1-8(2-4-9)10(5-20)19-13-11-12(16-6-15-11)17-7-18-13/h1-4,6-7,10,20H,5H2,(H2,15,16,17,18,19). The Morgan fingerprint density at radius 2 is 2.00 bits per heavy atom. The Kier molecular flexibility index (Phi) is 3.49. The minimum Gasteiger partial charge on any atom is -0.394 e. The van der Waals surface area contributed by atoms with E-state index in [4.69, 9.17) is 11.6 Å². The molecule has 0 radical (unpaired) electrons. The van der Waals surface area contributed by atoms with Gasteiger partial charge in [-0.25, -0.2) is 15.0 Å². The lowest BCUT2D eigenvalue weighted by Gasteiger charge is -2.17. The van der Waals surface area contributed by atoms with E-state index >= 15 is 0 Å². The van der Waals surface area contributed by atoms with Crippen LogP contribution in [0.3, 0.4) is 0 Å². The summed E-state index contributed by atoms with van der Waals surface area (Å²) in [5.41, 5.74) is 2.21. The lowest BCUT2D eigenvalue weighted by molar-refractivity contribution is 0.276. The Morgan fingerprint density at radius 3 is 2.75 bits per heavy atom. The van der Waals surface area contributed by atoms with Gasteiger partial charge in [-0.1, -0.05) is 23.7 Å². The third-order valence-corrected chi connectivity index (χ3v) is 3.24. The Hall–Kier alpha value is -2.18. The van der Waals surface area contributed by atoms with Gasteiger partial charge in [0.2, 0.25) is 0 Å². The highest BCUT2D eigenvalue weighted by atomic mass is 35.5. The summed E-state index contributed by atoms with van der Waals surface area (Å²) in [6.45, 7) is -0.0682. The first kappa shape index (κ1) is 12.8. The van der Waals surface area contributed by atoms with Gasteiger partial charge >= 0.3 is 0 Å². The van der Waals surface area contributed by atoms with Gasteiger partial charge in [0, 0.05) is 5.02 Å². The summed E-state index contributed by atoms with van der Waals surface area (Å²) >= 11 is 5.87. The number of nitrogens with zero attached hydrogens (tertiary/aromatic N) is 3. The average Bonchev–Trinajstić information content (AvgIpc) is 2.95. The van der Waals surface area contributed by atoms with E-state index in [2.05, 4.69) is 25.3 Å². The molecule has 0 aliphatic carbocycles. The fraction of sp³-hybridized carbons (Fsp3) is 0.154. The molecule has 1 unspecified atom stereocenters. The Bertz CT molecular complexity index is 712. The fourth-order valence-electron chi connectivity index (χ4n) is 1.97. The lowest BCUT2D eigenvalue weighted by atomic mass is 10.1. The van der Waals surface area contributed by atoms with Crippen molar-refractivity contribution >= 4 is 28.6 Å². The maximum Gasteiger partial charge on any atom is 0.182 e. The molecular formula is C13H12ClN5O. The number of hydrogen-bond donors (Lipinski definition) is 3. The molecule has 7 heteroatoms. The number of aromatic nitrogens is 4. The van der Waals surface area contributed by atoms with Gasteiger partial charge in [-0.05, 0) is 17.7 Å². The van der Waals surface area contributed by atoms with Gasteiger partial charge in [0.25, 0.3) is 0 Å². The van der Waals surface area contributed by atoms with Gasteiger partial charge in [0.1, 0.15) is 11.8 Å². The summed E-state index contributed by atoms with van der Waals surface area (Å²) in [7, 11) is 0. The highest BCUT2D eigenvalue weighted by Gasteiger charge is 2.13.